The zero-order chi connectivity index (χ0) is 13.8. The fraction of sp³-hybridized carbons (Fsp3) is 1.00. The van der Waals surface area contributed by atoms with Crippen LogP contribution in [0, 0.1) is 5.41 Å². The molecule has 1 saturated heterocycles. The second-order valence-electron chi connectivity index (χ2n) is 7.00. The van der Waals surface area contributed by atoms with E-state index in [9.17, 15) is 5.11 Å². The number of hydrogen-bond donors (Lipinski definition) is 2. The molecule has 1 aliphatic heterocycles. The molecule has 0 saturated carbocycles. The summed E-state index contributed by atoms with van der Waals surface area (Å²) in [5.74, 6) is 0. The van der Waals surface area contributed by atoms with Gasteiger partial charge in [-0.15, -0.1) is 0 Å². The Balaban J connectivity index is 2.47. The van der Waals surface area contributed by atoms with Crippen molar-refractivity contribution in [2.24, 2.45) is 5.41 Å². The minimum absolute atomic E-state index is 0.138. The molecule has 18 heavy (non-hydrogen) atoms. The molecule has 1 aliphatic rings. The van der Waals surface area contributed by atoms with Gasteiger partial charge in [-0.2, -0.15) is 0 Å². The Morgan fingerprint density at radius 3 is 2.33 bits per heavy atom. The van der Waals surface area contributed by atoms with E-state index in [1.165, 1.54) is 25.9 Å². The third kappa shape index (κ3) is 4.52. The SMILES string of the molecule is CCNC(C)(CO)CC(C)N1CCC(C)(C)CC1. The van der Waals surface area contributed by atoms with Crippen LogP contribution in [0.3, 0.4) is 0 Å². The number of nitrogens with zero attached hydrogens (tertiary/aromatic N) is 1. The Bertz CT molecular complexity index is 245. The van der Waals surface area contributed by atoms with Crippen molar-refractivity contribution in [3.05, 3.63) is 0 Å². The molecule has 2 unspecified atom stereocenters. The van der Waals surface area contributed by atoms with Crippen molar-refractivity contribution in [2.75, 3.05) is 26.2 Å². The molecule has 0 radical (unpaired) electrons. The van der Waals surface area contributed by atoms with Gasteiger partial charge in [0.25, 0.3) is 0 Å². The lowest BCUT2D eigenvalue weighted by atomic mass is 9.81. The molecule has 1 fully saturated rings. The van der Waals surface area contributed by atoms with Gasteiger partial charge >= 0.3 is 0 Å². The molecule has 0 aromatic carbocycles. The minimum Gasteiger partial charge on any atom is -0.394 e. The van der Waals surface area contributed by atoms with Crippen molar-refractivity contribution in [3.63, 3.8) is 0 Å². The van der Waals surface area contributed by atoms with Crippen LogP contribution < -0.4 is 5.32 Å². The van der Waals surface area contributed by atoms with Crippen LogP contribution in [0.25, 0.3) is 0 Å². The molecule has 0 aromatic rings. The van der Waals surface area contributed by atoms with Gasteiger partial charge < -0.3 is 15.3 Å². The Morgan fingerprint density at radius 2 is 1.89 bits per heavy atom. The summed E-state index contributed by atoms with van der Waals surface area (Å²) < 4.78 is 0. The second-order valence-corrected chi connectivity index (χ2v) is 7.00. The van der Waals surface area contributed by atoms with Crippen LogP contribution >= 0.6 is 0 Å². The van der Waals surface area contributed by atoms with E-state index in [2.05, 4.69) is 44.8 Å². The summed E-state index contributed by atoms with van der Waals surface area (Å²) in [7, 11) is 0. The summed E-state index contributed by atoms with van der Waals surface area (Å²) in [5.41, 5.74) is 0.374. The predicted octanol–water partition coefficient (Wildman–Crippen LogP) is 2.25. The number of nitrogens with one attached hydrogen (secondary N) is 1. The zero-order valence-corrected chi connectivity index (χ0v) is 12.9. The van der Waals surface area contributed by atoms with Crippen LogP contribution in [-0.4, -0.2) is 47.8 Å². The molecule has 0 amide bonds. The standard InChI is InChI=1S/C15H32N2O/c1-6-16-15(5,12-18)11-13(2)17-9-7-14(3,4)8-10-17/h13,16,18H,6-12H2,1-5H3. The largest absolute Gasteiger partial charge is 0.394 e. The first-order valence-corrected chi connectivity index (χ1v) is 7.42. The maximum atomic E-state index is 9.57. The van der Waals surface area contributed by atoms with Gasteiger partial charge in [-0.25, -0.2) is 0 Å². The smallest absolute Gasteiger partial charge is 0.0611 e. The molecule has 0 aliphatic carbocycles. The number of likely N-dealkylation sites (N-methyl/N-ethyl adjacent to an activating group) is 1. The van der Waals surface area contributed by atoms with Gasteiger partial charge in [0.2, 0.25) is 0 Å². The van der Waals surface area contributed by atoms with Gasteiger partial charge in [-0.3, -0.25) is 0 Å². The van der Waals surface area contributed by atoms with Gasteiger partial charge in [0.15, 0.2) is 0 Å². The second kappa shape index (κ2) is 6.36. The van der Waals surface area contributed by atoms with E-state index in [1.807, 2.05) is 0 Å². The normalized spacial score (nSPS) is 25.7. The third-order valence-corrected chi connectivity index (χ3v) is 4.47. The number of aliphatic hydroxyl groups excluding tert-OH is 1. The Hall–Kier alpha value is -0.120. The summed E-state index contributed by atoms with van der Waals surface area (Å²) in [5, 5.41) is 13.0. The molecule has 3 heteroatoms. The molecule has 1 heterocycles. The lowest BCUT2D eigenvalue weighted by Gasteiger charge is -2.42. The van der Waals surface area contributed by atoms with Gasteiger partial charge in [0, 0.05) is 11.6 Å². The molecule has 3 nitrogen and oxygen atoms in total. The van der Waals surface area contributed by atoms with E-state index in [0.717, 1.165) is 13.0 Å². The molecule has 2 atom stereocenters. The monoisotopic (exact) mass is 256 g/mol. The molecular formula is C15H32N2O. The van der Waals surface area contributed by atoms with Crippen molar-refractivity contribution < 1.29 is 5.11 Å². The van der Waals surface area contributed by atoms with E-state index in [0.29, 0.717) is 11.5 Å². The first-order valence-electron chi connectivity index (χ1n) is 7.42. The molecule has 108 valence electrons. The number of hydrogen-bond acceptors (Lipinski definition) is 3. The maximum Gasteiger partial charge on any atom is 0.0611 e. The molecule has 0 spiro atoms. The van der Waals surface area contributed by atoms with Gasteiger partial charge in [0.1, 0.15) is 0 Å². The van der Waals surface area contributed by atoms with Crippen molar-refractivity contribution in [1.29, 1.82) is 0 Å². The van der Waals surface area contributed by atoms with E-state index < -0.39 is 0 Å². The van der Waals surface area contributed by atoms with E-state index in [4.69, 9.17) is 0 Å². The highest BCUT2D eigenvalue weighted by atomic mass is 16.3. The molecule has 1 rings (SSSR count). The average molecular weight is 256 g/mol. The maximum absolute atomic E-state index is 9.57. The topological polar surface area (TPSA) is 35.5 Å². The van der Waals surface area contributed by atoms with E-state index in [-0.39, 0.29) is 12.1 Å². The van der Waals surface area contributed by atoms with E-state index in [1.54, 1.807) is 0 Å². The first-order chi connectivity index (χ1) is 8.32. The molecular weight excluding hydrogens is 224 g/mol. The lowest BCUT2D eigenvalue weighted by Crippen LogP contribution is -2.52. The van der Waals surface area contributed by atoms with Crippen molar-refractivity contribution in [1.82, 2.24) is 10.2 Å². The molecule has 2 N–H and O–H groups in total. The van der Waals surface area contributed by atoms with Gasteiger partial charge in [-0.05, 0) is 58.2 Å². The number of rotatable bonds is 6. The first kappa shape index (κ1) is 15.9. The van der Waals surface area contributed by atoms with Gasteiger partial charge in [-0.1, -0.05) is 20.8 Å². The molecule has 0 bridgehead atoms. The highest BCUT2D eigenvalue weighted by Crippen LogP contribution is 2.31. The van der Waals surface area contributed by atoms with Crippen molar-refractivity contribution >= 4 is 0 Å². The minimum atomic E-state index is -0.138. The van der Waals surface area contributed by atoms with Crippen molar-refractivity contribution in [3.8, 4) is 0 Å². The van der Waals surface area contributed by atoms with Gasteiger partial charge in [0.05, 0.1) is 6.61 Å². The summed E-state index contributed by atoms with van der Waals surface area (Å²) in [6.45, 7) is 14.8. The quantitative estimate of drug-likeness (QED) is 0.765. The summed E-state index contributed by atoms with van der Waals surface area (Å²) in [6, 6.07) is 0.539. The highest BCUT2D eigenvalue weighted by Gasteiger charge is 2.31. The Kier molecular flexibility index (Phi) is 5.63. The fourth-order valence-corrected chi connectivity index (χ4v) is 2.97. The van der Waals surface area contributed by atoms with Crippen molar-refractivity contribution in [2.45, 2.75) is 65.5 Å². The van der Waals surface area contributed by atoms with Crippen LogP contribution in [0.4, 0.5) is 0 Å². The zero-order valence-electron chi connectivity index (χ0n) is 12.9. The summed E-state index contributed by atoms with van der Waals surface area (Å²) in [6.07, 6.45) is 3.58. The highest BCUT2D eigenvalue weighted by molar-refractivity contribution is 4.89. The van der Waals surface area contributed by atoms with Crippen LogP contribution in [-0.2, 0) is 0 Å². The number of piperidine rings is 1. The summed E-state index contributed by atoms with van der Waals surface area (Å²) >= 11 is 0. The van der Waals surface area contributed by atoms with Crippen LogP contribution in [0.5, 0.6) is 0 Å². The fourth-order valence-electron chi connectivity index (χ4n) is 2.97. The lowest BCUT2D eigenvalue weighted by molar-refractivity contribution is 0.0697. The Morgan fingerprint density at radius 1 is 1.33 bits per heavy atom. The third-order valence-electron chi connectivity index (χ3n) is 4.47. The van der Waals surface area contributed by atoms with Crippen LogP contribution in [0.2, 0.25) is 0 Å². The van der Waals surface area contributed by atoms with Crippen LogP contribution in [0.15, 0.2) is 0 Å². The number of aliphatic hydroxyl groups is 1. The van der Waals surface area contributed by atoms with E-state index >= 15 is 0 Å². The molecule has 0 aromatic heterocycles. The number of likely N-dealkylation sites (tertiary alicyclic amines) is 1. The summed E-state index contributed by atoms with van der Waals surface area (Å²) in [4.78, 5) is 2.58. The van der Waals surface area contributed by atoms with Crippen LogP contribution in [0.1, 0.15) is 53.9 Å². The average Bonchev–Trinajstić information content (AvgIpc) is 2.29. The Labute approximate surface area is 113 Å². The predicted molar refractivity (Wildman–Crippen MR) is 77.8 cm³/mol.